The summed E-state index contributed by atoms with van der Waals surface area (Å²) in [5, 5.41) is 2.17. The Morgan fingerprint density at radius 1 is 0.966 bits per heavy atom. The third-order valence-corrected chi connectivity index (χ3v) is 5.40. The van der Waals surface area contributed by atoms with E-state index in [2.05, 4.69) is 0 Å². The first kappa shape index (κ1) is 21.0. The molecule has 0 unspecified atom stereocenters. The minimum Gasteiger partial charge on any atom is -0.292 e. The molecule has 0 aliphatic carbocycles. The van der Waals surface area contributed by atoms with E-state index in [0.717, 1.165) is 10.0 Å². The summed E-state index contributed by atoms with van der Waals surface area (Å²) in [6, 6.07) is 11.6. The molecule has 0 bridgehead atoms. The second-order valence-electron chi connectivity index (χ2n) is 6.53. The van der Waals surface area contributed by atoms with Crippen molar-refractivity contribution in [1.82, 2.24) is 10.0 Å². The van der Waals surface area contributed by atoms with Gasteiger partial charge < -0.3 is 0 Å². The van der Waals surface area contributed by atoms with Gasteiger partial charge in [-0.05, 0) is 24.6 Å². The number of carbonyl (C=O) groups excluding carboxylic acids is 4. The van der Waals surface area contributed by atoms with Gasteiger partial charge in [-0.1, -0.05) is 60.5 Å². The Morgan fingerprint density at radius 2 is 1.59 bits per heavy atom. The van der Waals surface area contributed by atoms with Gasteiger partial charge >= 0.3 is 0 Å². The van der Waals surface area contributed by atoms with Gasteiger partial charge in [0.05, 0.1) is 10.0 Å². The zero-order valence-electron chi connectivity index (χ0n) is 15.6. The van der Waals surface area contributed by atoms with Gasteiger partial charge in [-0.2, -0.15) is 5.01 Å². The molecule has 29 heavy (non-hydrogen) atoms. The Bertz CT molecular complexity index is 962. The van der Waals surface area contributed by atoms with Crippen molar-refractivity contribution in [3.63, 3.8) is 0 Å². The number of amides is 3. The van der Waals surface area contributed by atoms with Crippen LogP contribution in [0, 0.1) is 0 Å². The van der Waals surface area contributed by atoms with Crippen LogP contribution < -0.4 is 0 Å². The van der Waals surface area contributed by atoms with Gasteiger partial charge in [-0.15, -0.1) is 0 Å². The van der Waals surface area contributed by atoms with Crippen LogP contribution in [0.25, 0.3) is 0 Å². The fourth-order valence-corrected chi connectivity index (χ4v) is 3.50. The lowest BCUT2D eigenvalue weighted by Gasteiger charge is -2.35. The van der Waals surface area contributed by atoms with Gasteiger partial charge in [0.15, 0.2) is 5.78 Å². The van der Waals surface area contributed by atoms with E-state index in [-0.39, 0.29) is 40.7 Å². The van der Waals surface area contributed by atoms with Crippen molar-refractivity contribution in [2.75, 3.05) is 0 Å². The van der Waals surface area contributed by atoms with Crippen LogP contribution in [0.5, 0.6) is 0 Å². The predicted molar refractivity (Wildman–Crippen MR) is 109 cm³/mol. The Hall–Kier alpha value is -2.70. The maximum atomic E-state index is 13.3. The molecule has 3 amide bonds. The number of nitrogens with zero attached hydrogens (tertiary/aromatic N) is 2. The van der Waals surface area contributed by atoms with Crippen molar-refractivity contribution in [1.29, 1.82) is 0 Å². The third kappa shape index (κ3) is 4.18. The third-order valence-electron chi connectivity index (χ3n) is 4.66. The van der Waals surface area contributed by atoms with Gasteiger partial charge in [0.1, 0.15) is 6.04 Å². The second-order valence-corrected chi connectivity index (χ2v) is 7.35. The molecule has 0 aromatic heterocycles. The summed E-state index contributed by atoms with van der Waals surface area (Å²) >= 11 is 12.0. The molecule has 2 aromatic carbocycles. The van der Waals surface area contributed by atoms with E-state index in [1.54, 1.807) is 37.3 Å². The highest BCUT2D eigenvalue weighted by atomic mass is 35.5. The lowest BCUT2D eigenvalue weighted by atomic mass is 10.0. The van der Waals surface area contributed by atoms with Crippen LogP contribution in [0.2, 0.25) is 10.0 Å². The standard InChI is InChI=1S/C21H18Cl2N2O4/c1-2-17(20(28)13-6-4-3-5-7-13)24(25-18(26)10-11-19(25)27)21(29)14-8-9-15(22)16(23)12-14/h3-9,12,17H,2,10-11H2,1H3/t17-/m1/s1. The second kappa shape index (κ2) is 8.76. The SMILES string of the molecule is CC[C@H](C(=O)c1ccccc1)N(C(=O)c1ccc(Cl)c(Cl)c1)N1C(=O)CCC1=O. The molecule has 0 radical (unpaired) electrons. The van der Waals surface area contributed by atoms with Crippen LogP contribution in [0.4, 0.5) is 0 Å². The number of hydrazine groups is 1. The minimum absolute atomic E-state index is 0.0139. The topological polar surface area (TPSA) is 74.8 Å². The normalized spacial score (nSPS) is 14.8. The molecule has 0 saturated carbocycles. The van der Waals surface area contributed by atoms with Crippen LogP contribution in [-0.4, -0.2) is 39.6 Å². The van der Waals surface area contributed by atoms with Crippen molar-refractivity contribution in [2.45, 2.75) is 32.2 Å². The number of imide groups is 1. The molecule has 2 aromatic rings. The number of carbonyl (C=O) groups is 4. The van der Waals surface area contributed by atoms with Crippen LogP contribution in [0.1, 0.15) is 46.9 Å². The summed E-state index contributed by atoms with van der Waals surface area (Å²) in [6.45, 7) is 1.71. The van der Waals surface area contributed by atoms with Crippen LogP contribution >= 0.6 is 23.2 Å². The number of hydrogen-bond donors (Lipinski definition) is 0. The van der Waals surface area contributed by atoms with Crippen molar-refractivity contribution in [3.8, 4) is 0 Å². The van der Waals surface area contributed by atoms with Crippen LogP contribution in [0.15, 0.2) is 48.5 Å². The Balaban J connectivity index is 2.07. The lowest BCUT2D eigenvalue weighted by molar-refractivity contribution is -0.155. The van der Waals surface area contributed by atoms with Crippen LogP contribution in [-0.2, 0) is 9.59 Å². The van der Waals surface area contributed by atoms with E-state index in [9.17, 15) is 19.2 Å². The summed E-state index contributed by atoms with van der Waals surface area (Å²) < 4.78 is 0. The smallest absolute Gasteiger partial charge is 0.273 e. The Kier molecular flexibility index (Phi) is 6.35. The number of ketones is 1. The predicted octanol–water partition coefficient (Wildman–Crippen LogP) is 4.16. The molecule has 150 valence electrons. The van der Waals surface area contributed by atoms with E-state index >= 15 is 0 Å². The fourth-order valence-electron chi connectivity index (χ4n) is 3.20. The first-order chi connectivity index (χ1) is 13.8. The molecule has 1 aliphatic rings. The van der Waals surface area contributed by atoms with Gasteiger partial charge in [-0.3, -0.25) is 19.2 Å². The summed E-state index contributed by atoms with van der Waals surface area (Å²) in [6.07, 6.45) is 0.178. The highest BCUT2D eigenvalue weighted by Gasteiger charge is 2.42. The van der Waals surface area contributed by atoms with E-state index in [1.165, 1.54) is 18.2 Å². The van der Waals surface area contributed by atoms with E-state index in [4.69, 9.17) is 23.2 Å². The zero-order chi connectivity index (χ0) is 21.1. The molecular formula is C21H18Cl2N2O4. The number of halogens is 2. The largest absolute Gasteiger partial charge is 0.292 e. The highest BCUT2D eigenvalue weighted by molar-refractivity contribution is 6.42. The van der Waals surface area contributed by atoms with E-state index < -0.39 is 23.8 Å². The van der Waals surface area contributed by atoms with Crippen LogP contribution in [0.3, 0.4) is 0 Å². The molecule has 0 spiro atoms. The molecule has 0 N–H and O–H groups in total. The van der Waals surface area contributed by atoms with E-state index in [0.29, 0.717) is 5.56 Å². The molecule has 1 aliphatic heterocycles. The number of Topliss-reactive ketones (excluding diaryl/α,β-unsaturated/α-hetero) is 1. The van der Waals surface area contributed by atoms with Crippen molar-refractivity contribution < 1.29 is 19.2 Å². The fraction of sp³-hybridized carbons (Fsp3) is 0.238. The number of hydrogen-bond acceptors (Lipinski definition) is 4. The molecule has 1 heterocycles. The first-order valence-electron chi connectivity index (χ1n) is 9.08. The van der Waals surface area contributed by atoms with E-state index in [1.807, 2.05) is 0 Å². The van der Waals surface area contributed by atoms with Crippen molar-refractivity contribution in [2.24, 2.45) is 0 Å². The van der Waals surface area contributed by atoms with Gasteiger partial charge in [0.2, 0.25) is 11.8 Å². The zero-order valence-corrected chi connectivity index (χ0v) is 17.1. The molecule has 8 heteroatoms. The highest BCUT2D eigenvalue weighted by Crippen LogP contribution is 2.27. The maximum Gasteiger partial charge on any atom is 0.273 e. The average molecular weight is 433 g/mol. The quantitative estimate of drug-likeness (QED) is 0.507. The monoisotopic (exact) mass is 432 g/mol. The van der Waals surface area contributed by atoms with Crippen molar-refractivity contribution in [3.05, 3.63) is 69.7 Å². The summed E-state index contributed by atoms with van der Waals surface area (Å²) in [5.74, 6) is -2.09. The Labute approximate surface area is 178 Å². The van der Waals surface area contributed by atoms with Gasteiger partial charge in [0.25, 0.3) is 5.91 Å². The summed E-state index contributed by atoms with van der Waals surface area (Å²) in [5.41, 5.74) is 0.497. The molecule has 1 atom stereocenters. The molecular weight excluding hydrogens is 415 g/mol. The minimum atomic E-state index is -1.04. The number of rotatable bonds is 6. The summed E-state index contributed by atoms with van der Waals surface area (Å²) in [4.78, 5) is 51.3. The molecule has 3 rings (SSSR count). The van der Waals surface area contributed by atoms with Gasteiger partial charge in [-0.25, -0.2) is 5.01 Å². The first-order valence-corrected chi connectivity index (χ1v) is 9.84. The average Bonchev–Trinajstić information content (AvgIpc) is 3.06. The molecule has 1 fully saturated rings. The Morgan fingerprint density at radius 3 is 2.14 bits per heavy atom. The number of benzene rings is 2. The van der Waals surface area contributed by atoms with Crippen molar-refractivity contribution >= 4 is 46.7 Å². The molecule has 6 nitrogen and oxygen atoms in total. The van der Waals surface area contributed by atoms with Gasteiger partial charge in [0, 0.05) is 24.0 Å². The lowest BCUT2D eigenvalue weighted by Crippen LogP contribution is -2.56. The maximum absolute atomic E-state index is 13.3. The summed E-state index contributed by atoms with van der Waals surface area (Å²) in [7, 11) is 0. The molecule has 1 saturated heterocycles.